The summed E-state index contributed by atoms with van der Waals surface area (Å²) in [4.78, 5) is 13.6. The lowest BCUT2D eigenvalue weighted by molar-refractivity contribution is -0.126. The van der Waals surface area contributed by atoms with Gasteiger partial charge in [-0.15, -0.1) is 24.2 Å². The molecule has 1 heterocycles. The maximum Gasteiger partial charge on any atom is 0.223 e. The van der Waals surface area contributed by atoms with Crippen molar-refractivity contribution in [2.75, 3.05) is 13.1 Å². The smallest absolute Gasteiger partial charge is 0.223 e. The summed E-state index contributed by atoms with van der Waals surface area (Å²) in [5.74, 6) is 0.363. The van der Waals surface area contributed by atoms with E-state index in [4.69, 9.17) is 0 Å². The molecule has 130 valence electrons. The minimum Gasteiger partial charge on any atom is -0.354 e. The second-order valence-electron chi connectivity index (χ2n) is 6.61. The Balaban J connectivity index is 0.00000264. The Morgan fingerprint density at radius 2 is 2.04 bits per heavy atom. The standard InChI is InChI=1S/C17H25BrN2OS.ClH/c1-12-10-13(8-9-19-12)16(21)20-11-17(2,3)22-15-6-4-14(18)5-7-15;/h4-7,12-13,19H,8-11H2,1-3H3,(H,20,21);1H/t12-,13-;/m0./s1. The van der Waals surface area contributed by atoms with E-state index in [1.807, 2.05) is 12.1 Å². The van der Waals surface area contributed by atoms with Crippen LogP contribution in [0.3, 0.4) is 0 Å². The van der Waals surface area contributed by atoms with Crippen LogP contribution >= 0.6 is 40.1 Å². The molecule has 0 bridgehead atoms. The highest BCUT2D eigenvalue weighted by Crippen LogP contribution is 2.32. The maximum atomic E-state index is 12.3. The first kappa shape index (κ1) is 20.8. The molecule has 0 unspecified atom stereocenters. The lowest BCUT2D eigenvalue weighted by atomic mass is 9.92. The highest BCUT2D eigenvalue weighted by Gasteiger charge is 2.27. The predicted octanol–water partition coefficient (Wildman–Crippen LogP) is 4.25. The fourth-order valence-electron chi connectivity index (χ4n) is 2.67. The van der Waals surface area contributed by atoms with E-state index in [9.17, 15) is 4.79 Å². The van der Waals surface area contributed by atoms with E-state index in [0.717, 1.165) is 23.9 Å². The number of halogens is 2. The molecule has 0 radical (unpaired) electrons. The van der Waals surface area contributed by atoms with Gasteiger partial charge in [0.25, 0.3) is 0 Å². The third-order valence-corrected chi connectivity index (χ3v) is 5.62. The summed E-state index contributed by atoms with van der Waals surface area (Å²) < 4.78 is 1.06. The summed E-state index contributed by atoms with van der Waals surface area (Å²) in [6.45, 7) is 8.12. The molecular weight excluding hydrogens is 396 g/mol. The highest BCUT2D eigenvalue weighted by molar-refractivity contribution is 9.10. The summed E-state index contributed by atoms with van der Waals surface area (Å²) in [6.07, 6.45) is 1.88. The average molecular weight is 422 g/mol. The van der Waals surface area contributed by atoms with Crippen LogP contribution in [-0.4, -0.2) is 29.8 Å². The van der Waals surface area contributed by atoms with Gasteiger partial charge >= 0.3 is 0 Å². The molecule has 0 saturated carbocycles. The largest absolute Gasteiger partial charge is 0.354 e. The molecule has 1 aromatic carbocycles. The molecule has 2 N–H and O–H groups in total. The van der Waals surface area contributed by atoms with Gasteiger partial charge in [-0.05, 0) is 64.4 Å². The van der Waals surface area contributed by atoms with Crippen LogP contribution in [0.4, 0.5) is 0 Å². The molecule has 1 aliphatic heterocycles. The van der Waals surface area contributed by atoms with Crippen LogP contribution in [0.25, 0.3) is 0 Å². The summed E-state index contributed by atoms with van der Waals surface area (Å²) in [5, 5.41) is 6.54. The van der Waals surface area contributed by atoms with Crippen molar-refractivity contribution in [3.05, 3.63) is 28.7 Å². The van der Waals surface area contributed by atoms with Gasteiger partial charge < -0.3 is 10.6 Å². The van der Waals surface area contributed by atoms with E-state index in [0.29, 0.717) is 12.6 Å². The van der Waals surface area contributed by atoms with Gasteiger partial charge in [-0.25, -0.2) is 0 Å². The molecule has 2 atom stereocenters. The highest BCUT2D eigenvalue weighted by atomic mass is 79.9. The Kier molecular flexibility index (Phi) is 8.42. The second kappa shape index (κ2) is 9.30. The van der Waals surface area contributed by atoms with Crippen LogP contribution in [0.1, 0.15) is 33.6 Å². The minimum absolute atomic E-state index is 0. The minimum atomic E-state index is -0.0258. The van der Waals surface area contributed by atoms with Crippen LogP contribution in [0.5, 0.6) is 0 Å². The third kappa shape index (κ3) is 7.04. The van der Waals surface area contributed by atoms with Crippen molar-refractivity contribution < 1.29 is 4.79 Å². The number of benzene rings is 1. The Hall–Kier alpha value is -0.230. The predicted molar refractivity (Wildman–Crippen MR) is 105 cm³/mol. The van der Waals surface area contributed by atoms with Gasteiger partial charge in [-0.1, -0.05) is 15.9 Å². The molecule has 0 aliphatic carbocycles. The zero-order valence-electron chi connectivity index (χ0n) is 13.9. The lowest BCUT2D eigenvalue weighted by Crippen LogP contribution is -2.45. The van der Waals surface area contributed by atoms with Gasteiger partial charge in [0.1, 0.15) is 0 Å². The quantitative estimate of drug-likeness (QED) is 0.698. The lowest BCUT2D eigenvalue weighted by Gasteiger charge is -2.29. The molecule has 1 amide bonds. The first-order valence-corrected chi connectivity index (χ1v) is 9.42. The van der Waals surface area contributed by atoms with E-state index in [1.165, 1.54) is 4.90 Å². The number of piperidine rings is 1. The third-order valence-electron chi connectivity index (χ3n) is 3.89. The molecule has 6 heteroatoms. The molecule has 23 heavy (non-hydrogen) atoms. The van der Waals surface area contributed by atoms with Crippen LogP contribution in [0.15, 0.2) is 33.6 Å². The van der Waals surface area contributed by atoms with E-state index < -0.39 is 0 Å². The Labute approximate surface area is 158 Å². The topological polar surface area (TPSA) is 41.1 Å². The van der Waals surface area contributed by atoms with Crippen molar-refractivity contribution in [2.24, 2.45) is 5.92 Å². The number of amides is 1. The van der Waals surface area contributed by atoms with Gasteiger partial charge in [-0.3, -0.25) is 4.79 Å². The maximum absolute atomic E-state index is 12.3. The van der Waals surface area contributed by atoms with Crippen molar-refractivity contribution in [3.8, 4) is 0 Å². The summed E-state index contributed by atoms with van der Waals surface area (Å²) >= 11 is 5.25. The van der Waals surface area contributed by atoms with Gasteiger partial charge in [-0.2, -0.15) is 0 Å². The molecule has 1 saturated heterocycles. The van der Waals surface area contributed by atoms with Gasteiger partial charge in [0.05, 0.1) is 0 Å². The molecule has 3 nitrogen and oxygen atoms in total. The van der Waals surface area contributed by atoms with Crippen LogP contribution in [-0.2, 0) is 4.79 Å². The number of carbonyl (C=O) groups excluding carboxylic acids is 1. The van der Waals surface area contributed by atoms with Crippen molar-refractivity contribution in [1.82, 2.24) is 10.6 Å². The van der Waals surface area contributed by atoms with E-state index >= 15 is 0 Å². The average Bonchev–Trinajstić information content (AvgIpc) is 2.47. The number of rotatable bonds is 5. The Morgan fingerprint density at radius 3 is 2.65 bits per heavy atom. The number of hydrogen-bond acceptors (Lipinski definition) is 3. The van der Waals surface area contributed by atoms with Gasteiger partial charge in [0.2, 0.25) is 5.91 Å². The fourth-order valence-corrected chi connectivity index (χ4v) is 3.99. The van der Waals surface area contributed by atoms with E-state index in [1.54, 1.807) is 11.8 Å². The monoisotopic (exact) mass is 420 g/mol. The zero-order chi connectivity index (χ0) is 16.2. The molecular formula is C17H26BrClN2OS. The second-order valence-corrected chi connectivity index (χ2v) is 9.31. The number of thioether (sulfide) groups is 1. The molecule has 1 aromatic rings. The zero-order valence-corrected chi connectivity index (χ0v) is 17.1. The normalized spacial score (nSPS) is 21.4. The fraction of sp³-hybridized carbons (Fsp3) is 0.588. The van der Waals surface area contributed by atoms with Crippen molar-refractivity contribution in [2.45, 2.75) is 49.3 Å². The van der Waals surface area contributed by atoms with E-state index in [2.05, 4.69) is 59.5 Å². The first-order valence-electron chi connectivity index (χ1n) is 7.81. The van der Waals surface area contributed by atoms with Crippen molar-refractivity contribution in [3.63, 3.8) is 0 Å². The number of hydrogen-bond donors (Lipinski definition) is 2. The van der Waals surface area contributed by atoms with Gasteiger partial charge in [0.15, 0.2) is 0 Å². The molecule has 1 fully saturated rings. The first-order chi connectivity index (χ1) is 10.4. The van der Waals surface area contributed by atoms with Gasteiger partial charge in [0, 0.05) is 32.6 Å². The number of carbonyl (C=O) groups is 1. The summed E-state index contributed by atoms with van der Waals surface area (Å²) in [5.41, 5.74) is 0. The van der Waals surface area contributed by atoms with Crippen LogP contribution in [0, 0.1) is 5.92 Å². The molecule has 0 spiro atoms. The molecule has 2 rings (SSSR count). The van der Waals surface area contributed by atoms with Crippen LogP contribution < -0.4 is 10.6 Å². The van der Waals surface area contributed by atoms with Crippen LogP contribution in [0.2, 0.25) is 0 Å². The molecule has 1 aliphatic rings. The summed E-state index contributed by atoms with van der Waals surface area (Å²) in [6, 6.07) is 8.75. The SMILES string of the molecule is C[C@H]1C[C@@H](C(=O)NCC(C)(C)Sc2ccc(Br)cc2)CCN1.Cl. The number of nitrogens with one attached hydrogen (secondary N) is 2. The Morgan fingerprint density at radius 1 is 1.39 bits per heavy atom. The molecule has 0 aromatic heterocycles. The van der Waals surface area contributed by atoms with Crippen molar-refractivity contribution >= 4 is 46.0 Å². The van der Waals surface area contributed by atoms with Crippen molar-refractivity contribution in [1.29, 1.82) is 0 Å². The summed E-state index contributed by atoms with van der Waals surface area (Å²) in [7, 11) is 0. The van der Waals surface area contributed by atoms with E-state index in [-0.39, 0.29) is 29.0 Å². The Bertz CT molecular complexity index is 510.